The van der Waals surface area contributed by atoms with Gasteiger partial charge in [-0.05, 0) is 28.1 Å². The summed E-state index contributed by atoms with van der Waals surface area (Å²) in [6.07, 6.45) is 0. The van der Waals surface area contributed by atoms with Gasteiger partial charge in [0.25, 0.3) is 5.92 Å². The van der Waals surface area contributed by atoms with E-state index in [-0.39, 0.29) is 16.3 Å². The summed E-state index contributed by atoms with van der Waals surface area (Å²) in [4.78, 5) is 0. The van der Waals surface area contributed by atoms with Crippen LogP contribution in [0.5, 0.6) is 0 Å². The zero-order valence-electron chi connectivity index (χ0n) is 10.1. The quantitative estimate of drug-likeness (QED) is 0.761. The molecule has 2 rings (SSSR count). The summed E-state index contributed by atoms with van der Waals surface area (Å²) in [6, 6.07) is 9.69. The summed E-state index contributed by atoms with van der Waals surface area (Å²) < 4.78 is 41.3. The Labute approximate surface area is 127 Å². The van der Waals surface area contributed by atoms with Gasteiger partial charge in [-0.2, -0.15) is 8.78 Å². The van der Waals surface area contributed by atoms with Gasteiger partial charge in [0.05, 0.1) is 17.3 Å². The van der Waals surface area contributed by atoms with Crippen molar-refractivity contribution in [2.75, 3.05) is 11.9 Å². The normalized spacial score (nSPS) is 11.4. The highest BCUT2D eigenvalue weighted by Gasteiger charge is 2.31. The molecule has 0 bridgehead atoms. The fraction of sp³-hybridized carbons (Fsp3) is 0.143. The molecular weight excluding hydrogens is 355 g/mol. The maximum Gasteiger partial charge on any atom is 0.290 e. The first-order valence-corrected chi connectivity index (χ1v) is 6.89. The highest BCUT2D eigenvalue weighted by atomic mass is 79.9. The summed E-state index contributed by atoms with van der Waals surface area (Å²) in [5.74, 6) is -3.60. The van der Waals surface area contributed by atoms with Gasteiger partial charge in [0.1, 0.15) is 5.82 Å². The Morgan fingerprint density at radius 1 is 1.15 bits per heavy atom. The van der Waals surface area contributed by atoms with Crippen LogP contribution < -0.4 is 5.32 Å². The number of rotatable bonds is 4. The molecule has 106 valence electrons. The molecule has 2 aromatic carbocycles. The van der Waals surface area contributed by atoms with Crippen LogP contribution in [0.1, 0.15) is 5.56 Å². The largest absolute Gasteiger partial charge is 0.376 e. The minimum absolute atomic E-state index is 0.0423. The van der Waals surface area contributed by atoms with Gasteiger partial charge in [0.2, 0.25) is 0 Å². The Hall–Kier alpha value is -1.20. The van der Waals surface area contributed by atoms with Gasteiger partial charge in [-0.3, -0.25) is 0 Å². The number of benzene rings is 2. The molecule has 1 N–H and O–H groups in total. The van der Waals surface area contributed by atoms with Crippen LogP contribution in [0.4, 0.5) is 18.9 Å². The van der Waals surface area contributed by atoms with Gasteiger partial charge in [-0.25, -0.2) is 4.39 Å². The minimum atomic E-state index is -3.06. The number of alkyl halides is 2. The van der Waals surface area contributed by atoms with E-state index in [9.17, 15) is 13.2 Å². The van der Waals surface area contributed by atoms with Gasteiger partial charge < -0.3 is 5.32 Å². The summed E-state index contributed by atoms with van der Waals surface area (Å²) in [5, 5.41) is 2.59. The summed E-state index contributed by atoms with van der Waals surface area (Å²) >= 11 is 8.92. The Morgan fingerprint density at radius 3 is 2.40 bits per heavy atom. The van der Waals surface area contributed by atoms with E-state index in [0.29, 0.717) is 4.47 Å². The van der Waals surface area contributed by atoms with Crippen LogP contribution >= 0.6 is 27.5 Å². The van der Waals surface area contributed by atoms with Crippen LogP contribution in [-0.4, -0.2) is 6.54 Å². The molecule has 0 aromatic heterocycles. The standard InChI is InChI=1S/C14H10BrClF3N/c15-11-6-10(17)7-12(16)13(11)20-8-14(18,19)9-4-2-1-3-5-9/h1-7,20H,8H2. The van der Waals surface area contributed by atoms with Crippen molar-refractivity contribution in [1.29, 1.82) is 0 Å². The highest BCUT2D eigenvalue weighted by molar-refractivity contribution is 9.10. The second kappa shape index (κ2) is 6.06. The van der Waals surface area contributed by atoms with Crippen LogP contribution in [0.25, 0.3) is 0 Å². The lowest BCUT2D eigenvalue weighted by molar-refractivity contribution is 0.0106. The lowest BCUT2D eigenvalue weighted by Crippen LogP contribution is -2.24. The topological polar surface area (TPSA) is 12.0 Å². The molecule has 0 aliphatic heterocycles. The molecule has 0 heterocycles. The molecule has 0 amide bonds. The van der Waals surface area contributed by atoms with E-state index >= 15 is 0 Å². The average Bonchev–Trinajstić information content (AvgIpc) is 2.38. The SMILES string of the molecule is Fc1cc(Cl)c(NCC(F)(F)c2ccccc2)c(Br)c1. The average molecular weight is 365 g/mol. The predicted octanol–water partition coefficient (Wildman–Crippen LogP) is 5.45. The maximum atomic E-state index is 14.0. The second-order valence-corrected chi connectivity index (χ2v) is 5.43. The van der Waals surface area contributed by atoms with Crippen molar-refractivity contribution in [2.45, 2.75) is 5.92 Å². The summed E-state index contributed by atoms with van der Waals surface area (Å²) in [6.45, 7) is -0.638. The zero-order valence-corrected chi connectivity index (χ0v) is 12.5. The van der Waals surface area contributed by atoms with Crippen molar-refractivity contribution in [3.05, 3.63) is 63.3 Å². The van der Waals surface area contributed by atoms with Gasteiger partial charge in [-0.1, -0.05) is 41.9 Å². The first kappa shape index (κ1) is 15.2. The van der Waals surface area contributed by atoms with Crippen LogP contribution in [0, 0.1) is 5.82 Å². The predicted molar refractivity (Wildman–Crippen MR) is 77.9 cm³/mol. The minimum Gasteiger partial charge on any atom is -0.376 e. The maximum absolute atomic E-state index is 14.0. The number of nitrogens with one attached hydrogen (secondary N) is 1. The molecule has 0 atom stereocenters. The lowest BCUT2D eigenvalue weighted by Gasteiger charge is -2.19. The molecule has 1 nitrogen and oxygen atoms in total. The molecule has 6 heteroatoms. The van der Waals surface area contributed by atoms with Gasteiger partial charge in [-0.15, -0.1) is 0 Å². The number of hydrogen-bond acceptors (Lipinski definition) is 1. The first-order valence-electron chi connectivity index (χ1n) is 5.72. The molecular formula is C14H10BrClF3N. The number of hydrogen-bond donors (Lipinski definition) is 1. The molecule has 0 aliphatic carbocycles. The summed E-state index contributed by atoms with van der Waals surface area (Å²) in [5.41, 5.74) is 0.144. The molecule has 0 aliphatic rings. The monoisotopic (exact) mass is 363 g/mol. The van der Waals surface area contributed by atoms with Gasteiger partial charge in [0.15, 0.2) is 0 Å². The van der Waals surface area contributed by atoms with Crippen molar-refractivity contribution in [2.24, 2.45) is 0 Å². The molecule has 0 fully saturated rings. The van der Waals surface area contributed by atoms with E-state index in [2.05, 4.69) is 21.2 Å². The molecule has 0 saturated heterocycles. The molecule has 2 aromatic rings. The van der Waals surface area contributed by atoms with Gasteiger partial charge >= 0.3 is 0 Å². The van der Waals surface area contributed by atoms with Gasteiger partial charge in [0, 0.05) is 10.0 Å². The molecule has 0 radical (unpaired) electrons. The van der Waals surface area contributed by atoms with Crippen LogP contribution in [0.3, 0.4) is 0 Å². The van der Waals surface area contributed by atoms with Crippen LogP contribution in [0.2, 0.25) is 5.02 Å². The zero-order chi connectivity index (χ0) is 14.8. The Morgan fingerprint density at radius 2 is 1.80 bits per heavy atom. The molecule has 0 spiro atoms. The third-order valence-electron chi connectivity index (χ3n) is 2.69. The van der Waals surface area contributed by atoms with Crippen molar-refractivity contribution >= 4 is 33.2 Å². The Balaban J connectivity index is 2.17. The molecule has 0 saturated carbocycles. The van der Waals surface area contributed by atoms with E-state index in [1.807, 2.05) is 0 Å². The third kappa shape index (κ3) is 3.46. The number of anilines is 1. The van der Waals surface area contributed by atoms with Crippen molar-refractivity contribution in [1.82, 2.24) is 0 Å². The second-order valence-electron chi connectivity index (χ2n) is 4.17. The molecule has 20 heavy (non-hydrogen) atoms. The summed E-state index contributed by atoms with van der Waals surface area (Å²) in [7, 11) is 0. The Bertz CT molecular complexity index is 582. The Kier molecular flexibility index (Phi) is 4.60. The van der Waals surface area contributed by atoms with E-state index in [1.54, 1.807) is 18.2 Å². The fourth-order valence-corrected chi connectivity index (χ4v) is 2.65. The van der Waals surface area contributed by atoms with E-state index in [4.69, 9.17) is 11.6 Å². The van der Waals surface area contributed by atoms with E-state index < -0.39 is 18.3 Å². The highest BCUT2D eigenvalue weighted by Crippen LogP contribution is 2.34. The third-order valence-corrected chi connectivity index (χ3v) is 3.61. The van der Waals surface area contributed by atoms with Crippen LogP contribution in [0.15, 0.2) is 46.9 Å². The lowest BCUT2D eigenvalue weighted by atomic mass is 10.1. The first-order chi connectivity index (χ1) is 9.40. The number of halogens is 5. The van der Waals surface area contributed by atoms with Crippen molar-refractivity contribution < 1.29 is 13.2 Å². The smallest absolute Gasteiger partial charge is 0.290 e. The fourth-order valence-electron chi connectivity index (χ4n) is 1.69. The van der Waals surface area contributed by atoms with E-state index in [0.717, 1.165) is 12.1 Å². The van der Waals surface area contributed by atoms with Crippen LogP contribution in [-0.2, 0) is 5.92 Å². The van der Waals surface area contributed by atoms with E-state index in [1.165, 1.54) is 12.1 Å². The van der Waals surface area contributed by atoms with Crippen molar-refractivity contribution in [3.63, 3.8) is 0 Å². The molecule has 0 unspecified atom stereocenters. The van der Waals surface area contributed by atoms with Crippen molar-refractivity contribution in [3.8, 4) is 0 Å².